The average Bonchev–Trinajstić information content (AvgIpc) is 2.14. The van der Waals surface area contributed by atoms with E-state index in [1.54, 1.807) is 6.20 Å². The zero-order chi connectivity index (χ0) is 10.6. The Labute approximate surface area is 85.2 Å². The lowest BCUT2D eigenvalue weighted by molar-refractivity contribution is 0.138. The maximum absolute atomic E-state index is 9.57. The molecule has 0 amide bonds. The lowest BCUT2D eigenvalue weighted by atomic mass is 10.1. The van der Waals surface area contributed by atoms with Gasteiger partial charge in [0.15, 0.2) is 0 Å². The number of aromatic nitrogens is 1. The normalized spacial score (nSPS) is 12.9. The van der Waals surface area contributed by atoms with Crippen LogP contribution in [0.25, 0.3) is 0 Å². The smallest absolute Gasteiger partial charge is 0.126 e. The molecule has 0 saturated carbocycles. The van der Waals surface area contributed by atoms with Crippen LogP contribution in [0.3, 0.4) is 0 Å². The highest BCUT2D eigenvalue weighted by Crippen LogP contribution is 2.07. The molecule has 0 bridgehead atoms. The second kappa shape index (κ2) is 4.96. The van der Waals surface area contributed by atoms with Crippen LogP contribution in [0.4, 0.5) is 5.82 Å². The summed E-state index contributed by atoms with van der Waals surface area (Å²) in [6.07, 6.45) is 1.44. The minimum absolute atomic E-state index is 0.271. The molecule has 0 aliphatic heterocycles. The molecule has 1 heterocycles. The van der Waals surface area contributed by atoms with Crippen molar-refractivity contribution >= 4 is 5.82 Å². The van der Waals surface area contributed by atoms with Crippen LogP contribution < -0.4 is 5.32 Å². The number of nitrogens with one attached hydrogen (secondary N) is 1. The third-order valence-corrected chi connectivity index (χ3v) is 2.18. The van der Waals surface area contributed by atoms with Gasteiger partial charge < -0.3 is 10.4 Å². The average molecular weight is 194 g/mol. The SMILES string of the molecule is Cc1ccnc(NCC(O)C(C)C)c1. The Hall–Kier alpha value is -1.09. The van der Waals surface area contributed by atoms with E-state index in [2.05, 4.69) is 10.3 Å². The molecule has 3 heteroatoms. The Morgan fingerprint density at radius 2 is 2.21 bits per heavy atom. The van der Waals surface area contributed by atoms with Crippen LogP contribution >= 0.6 is 0 Å². The summed E-state index contributed by atoms with van der Waals surface area (Å²) >= 11 is 0. The van der Waals surface area contributed by atoms with Crippen LogP contribution in [-0.4, -0.2) is 22.7 Å². The van der Waals surface area contributed by atoms with Gasteiger partial charge in [0.05, 0.1) is 6.10 Å². The van der Waals surface area contributed by atoms with Gasteiger partial charge in [-0.05, 0) is 30.5 Å². The topological polar surface area (TPSA) is 45.2 Å². The van der Waals surface area contributed by atoms with Gasteiger partial charge in [-0.25, -0.2) is 4.98 Å². The van der Waals surface area contributed by atoms with E-state index in [1.807, 2.05) is 32.9 Å². The third kappa shape index (κ3) is 3.34. The molecular weight excluding hydrogens is 176 g/mol. The molecule has 0 aromatic carbocycles. The molecule has 1 atom stereocenters. The van der Waals surface area contributed by atoms with Gasteiger partial charge in [-0.3, -0.25) is 0 Å². The van der Waals surface area contributed by atoms with Crippen LogP contribution in [0.5, 0.6) is 0 Å². The largest absolute Gasteiger partial charge is 0.391 e. The van der Waals surface area contributed by atoms with Crippen molar-refractivity contribution in [3.8, 4) is 0 Å². The van der Waals surface area contributed by atoms with Gasteiger partial charge in [-0.15, -0.1) is 0 Å². The number of rotatable bonds is 4. The molecule has 0 fully saturated rings. The van der Waals surface area contributed by atoms with Crippen molar-refractivity contribution < 1.29 is 5.11 Å². The van der Waals surface area contributed by atoms with Gasteiger partial charge in [0.25, 0.3) is 0 Å². The van der Waals surface area contributed by atoms with Gasteiger partial charge >= 0.3 is 0 Å². The van der Waals surface area contributed by atoms with E-state index in [-0.39, 0.29) is 12.0 Å². The van der Waals surface area contributed by atoms with E-state index in [0.717, 1.165) is 5.82 Å². The van der Waals surface area contributed by atoms with Gasteiger partial charge in [0.1, 0.15) is 5.82 Å². The maximum Gasteiger partial charge on any atom is 0.126 e. The fourth-order valence-electron chi connectivity index (χ4n) is 1.08. The quantitative estimate of drug-likeness (QED) is 0.768. The van der Waals surface area contributed by atoms with Crippen molar-refractivity contribution in [1.29, 1.82) is 0 Å². The molecule has 2 N–H and O–H groups in total. The predicted molar refractivity (Wildman–Crippen MR) is 58.3 cm³/mol. The molecule has 0 aliphatic carbocycles. The minimum atomic E-state index is -0.322. The third-order valence-electron chi connectivity index (χ3n) is 2.18. The highest BCUT2D eigenvalue weighted by Gasteiger charge is 2.08. The summed E-state index contributed by atoms with van der Waals surface area (Å²) in [5, 5.41) is 12.7. The number of nitrogens with zero attached hydrogens (tertiary/aromatic N) is 1. The number of aliphatic hydroxyl groups is 1. The van der Waals surface area contributed by atoms with Gasteiger partial charge in [-0.1, -0.05) is 13.8 Å². The van der Waals surface area contributed by atoms with Gasteiger partial charge in [0.2, 0.25) is 0 Å². The number of hydrogen-bond donors (Lipinski definition) is 2. The Balaban J connectivity index is 2.45. The highest BCUT2D eigenvalue weighted by molar-refractivity contribution is 5.36. The Morgan fingerprint density at radius 1 is 1.50 bits per heavy atom. The first-order valence-corrected chi connectivity index (χ1v) is 4.94. The maximum atomic E-state index is 9.57. The number of anilines is 1. The second-order valence-electron chi connectivity index (χ2n) is 3.91. The fourth-order valence-corrected chi connectivity index (χ4v) is 1.08. The predicted octanol–water partition coefficient (Wildman–Crippen LogP) is 1.82. The molecule has 3 nitrogen and oxygen atoms in total. The molecule has 0 saturated heterocycles. The van der Waals surface area contributed by atoms with Crippen LogP contribution in [0.1, 0.15) is 19.4 Å². The lowest BCUT2D eigenvalue weighted by Crippen LogP contribution is -2.25. The van der Waals surface area contributed by atoms with Crippen molar-refractivity contribution in [3.63, 3.8) is 0 Å². The van der Waals surface area contributed by atoms with E-state index >= 15 is 0 Å². The fraction of sp³-hybridized carbons (Fsp3) is 0.545. The van der Waals surface area contributed by atoms with E-state index in [0.29, 0.717) is 6.54 Å². The summed E-state index contributed by atoms with van der Waals surface area (Å²) in [4.78, 5) is 4.15. The molecule has 1 unspecified atom stereocenters. The first-order chi connectivity index (χ1) is 6.59. The summed E-state index contributed by atoms with van der Waals surface area (Å²) in [6, 6.07) is 3.91. The van der Waals surface area contributed by atoms with Crippen molar-refractivity contribution in [3.05, 3.63) is 23.9 Å². The second-order valence-corrected chi connectivity index (χ2v) is 3.91. The zero-order valence-electron chi connectivity index (χ0n) is 8.99. The summed E-state index contributed by atoms with van der Waals surface area (Å²) in [5.41, 5.74) is 1.17. The molecular formula is C11H18N2O. The van der Waals surface area contributed by atoms with Crippen molar-refractivity contribution in [2.75, 3.05) is 11.9 Å². The molecule has 0 radical (unpaired) electrons. The molecule has 78 valence electrons. The number of aryl methyl sites for hydroxylation is 1. The number of pyridine rings is 1. The summed E-state index contributed by atoms with van der Waals surface area (Å²) in [7, 11) is 0. The van der Waals surface area contributed by atoms with E-state index in [1.165, 1.54) is 5.56 Å². The first kappa shape index (κ1) is 11.0. The van der Waals surface area contributed by atoms with E-state index < -0.39 is 0 Å². The van der Waals surface area contributed by atoms with Crippen LogP contribution in [-0.2, 0) is 0 Å². The van der Waals surface area contributed by atoms with Crippen molar-refractivity contribution in [1.82, 2.24) is 4.98 Å². The van der Waals surface area contributed by atoms with Crippen molar-refractivity contribution in [2.45, 2.75) is 26.9 Å². The van der Waals surface area contributed by atoms with E-state index in [9.17, 15) is 5.11 Å². The molecule has 1 aromatic heterocycles. The summed E-state index contributed by atoms with van der Waals surface area (Å²) in [6.45, 7) is 6.56. The Kier molecular flexibility index (Phi) is 3.89. The van der Waals surface area contributed by atoms with Gasteiger partial charge in [0, 0.05) is 12.7 Å². The minimum Gasteiger partial charge on any atom is -0.391 e. The summed E-state index contributed by atoms with van der Waals surface area (Å²) in [5.74, 6) is 1.09. The van der Waals surface area contributed by atoms with Crippen molar-refractivity contribution in [2.24, 2.45) is 5.92 Å². The Morgan fingerprint density at radius 3 is 2.79 bits per heavy atom. The van der Waals surface area contributed by atoms with E-state index in [4.69, 9.17) is 0 Å². The monoisotopic (exact) mass is 194 g/mol. The molecule has 14 heavy (non-hydrogen) atoms. The van der Waals surface area contributed by atoms with Crippen LogP contribution in [0, 0.1) is 12.8 Å². The molecule has 0 spiro atoms. The lowest BCUT2D eigenvalue weighted by Gasteiger charge is -2.15. The van der Waals surface area contributed by atoms with Crippen LogP contribution in [0.15, 0.2) is 18.3 Å². The number of hydrogen-bond acceptors (Lipinski definition) is 3. The molecule has 0 aliphatic rings. The highest BCUT2D eigenvalue weighted by atomic mass is 16.3. The standard InChI is InChI=1S/C11H18N2O/c1-8(2)10(14)7-13-11-6-9(3)4-5-12-11/h4-6,8,10,14H,7H2,1-3H3,(H,12,13). The van der Waals surface area contributed by atoms with Gasteiger partial charge in [-0.2, -0.15) is 0 Å². The molecule has 1 rings (SSSR count). The Bertz CT molecular complexity index is 286. The molecule has 1 aromatic rings. The summed E-state index contributed by atoms with van der Waals surface area (Å²) < 4.78 is 0. The van der Waals surface area contributed by atoms with Crippen LogP contribution in [0.2, 0.25) is 0 Å². The number of aliphatic hydroxyl groups excluding tert-OH is 1. The first-order valence-electron chi connectivity index (χ1n) is 4.94. The zero-order valence-corrected chi connectivity index (χ0v) is 8.99.